The lowest BCUT2D eigenvalue weighted by Gasteiger charge is -2.27. The van der Waals surface area contributed by atoms with Crippen molar-refractivity contribution in [1.82, 2.24) is 5.32 Å². The Balaban J connectivity index is 1.60. The minimum absolute atomic E-state index is 0.271. The number of hydrogen-bond acceptors (Lipinski definition) is 5. The highest BCUT2D eigenvalue weighted by atomic mass is 35.5. The molecule has 2 aromatic carbocycles. The molecule has 1 aliphatic carbocycles. The highest BCUT2D eigenvalue weighted by molar-refractivity contribution is 6.30. The highest BCUT2D eigenvalue weighted by Crippen LogP contribution is 2.27. The van der Waals surface area contributed by atoms with Crippen molar-refractivity contribution in [3.63, 3.8) is 0 Å². The average Bonchev–Trinajstić information content (AvgIpc) is 2.77. The summed E-state index contributed by atoms with van der Waals surface area (Å²) in [4.78, 5) is 12.2. The van der Waals surface area contributed by atoms with Gasteiger partial charge in [-0.25, -0.2) is 4.79 Å². The number of aliphatic hydroxyl groups is 1. The van der Waals surface area contributed by atoms with E-state index in [2.05, 4.69) is 11.4 Å². The van der Waals surface area contributed by atoms with E-state index in [9.17, 15) is 9.90 Å². The third-order valence-electron chi connectivity index (χ3n) is 5.62. The first-order valence-electron chi connectivity index (χ1n) is 11.1. The molecule has 5 nitrogen and oxygen atoms in total. The van der Waals surface area contributed by atoms with E-state index in [0.717, 1.165) is 31.2 Å². The molecule has 3 rings (SSSR count). The van der Waals surface area contributed by atoms with E-state index in [0.29, 0.717) is 30.3 Å². The lowest BCUT2D eigenvalue weighted by atomic mass is 9.88. The largest absolute Gasteiger partial charge is 0.479 e. The van der Waals surface area contributed by atoms with Gasteiger partial charge in [0.2, 0.25) is 0 Å². The van der Waals surface area contributed by atoms with E-state index in [1.54, 1.807) is 19.1 Å². The van der Waals surface area contributed by atoms with Crippen molar-refractivity contribution >= 4 is 17.6 Å². The number of halogens is 1. The van der Waals surface area contributed by atoms with Crippen LogP contribution in [-0.4, -0.2) is 36.4 Å². The van der Waals surface area contributed by atoms with Crippen LogP contribution < -0.4 is 10.1 Å². The summed E-state index contributed by atoms with van der Waals surface area (Å²) in [7, 11) is 0. The minimum Gasteiger partial charge on any atom is -0.479 e. The Kier molecular flexibility index (Phi) is 8.76. The molecule has 168 valence electrons. The van der Waals surface area contributed by atoms with Crippen molar-refractivity contribution in [1.29, 1.82) is 0 Å². The second-order valence-corrected chi connectivity index (χ2v) is 8.43. The molecule has 3 atom stereocenters. The summed E-state index contributed by atoms with van der Waals surface area (Å²) in [5.74, 6) is 0.390. The Morgan fingerprint density at radius 1 is 1.23 bits per heavy atom. The molecule has 0 radical (unpaired) electrons. The van der Waals surface area contributed by atoms with Crippen LogP contribution in [0.5, 0.6) is 5.75 Å². The van der Waals surface area contributed by atoms with Crippen molar-refractivity contribution < 1.29 is 19.4 Å². The van der Waals surface area contributed by atoms with Gasteiger partial charge in [-0.05, 0) is 73.6 Å². The Morgan fingerprint density at radius 2 is 2.06 bits per heavy atom. The predicted molar refractivity (Wildman–Crippen MR) is 123 cm³/mol. The maximum atomic E-state index is 12.2. The van der Waals surface area contributed by atoms with Gasteiger partial charge in [0, 0.05) is 17.6 Å². The molecule has 0 saturated heterocycles. The number of ether oxygens (including phenoxy) is 2. The van der Waals surface area contributed by atoms with Crippen LogP contribution in [0, 0.1) is 0 Å². The number of rotatable bonds is 10. The summed E-state index contributed by atoms with van der Waals surface area (Å²) < 4.78 is 11.1. The first-order valence-corrected chi connectivity index (χ1v) is 11.5. The Morgan fingerprint density at radius 3 is 2.81 bits per heavy atom. The van der Waals surface area contributed by atoms with Crippen LogP contribution in [0.2, 0.25) is 5.02 Å². The molecule has 3 unspecified atom stereocenters. The van der Waals surface area contributed by atoms with E-state index in [1.807, 2.05) is 31.2 Å². The smallest absolute Gasteiger partial charge is 0.347 e. The van der Waals surface area contributed by atoms with Gasteiger partial charge in [-0.3, -0.25) is 0 Å². The third-order valence-corrected chi connectivity index (χ3v) is 5.85. The highest BCUT2D eigenvalue weighted by Gasteiger charge is 2.23. The van der Waals surface area contributed by atoms with Crippen molar-refractivity contribution in [3.8, 4) is 5.75 Å². The Labute approximate surface area is 189 Å². The normalized spacial score (nSPS) is 17.5. The van der Waals surface area contributed by atoms with Gasteiger partial charge in [0.15, 0.2) is 6.10 Å². The molecule has 0 heterocycles. The number of nitrogens with one attached hydrogen (secondary N) is 1. The molecule has 31 heavy (non-hydrogen) atoms. The zero-order valence-electron chi connectivity index (χ0n) is 18.3. The molecule has 2 aromatic rings. The SMILES string of the molecule is CCCC(Oc1ccc2c(c1)CC(NCC(O)c1cccc(Cl)c1)CC2)C(=O)OCC. The summed E-state index contributed by atoms with van der Waals surface area (Å²) in [5, 5.41) is 14.6. The fourth-order valence-corrected chi connectivity index (χ4v) is 4.18. The van der Waals surface area contributed by atoms with Crippen LogP contribution in [0.15, 0.2) is 42.5 Å². The number of aliphatic hydroxyl groups excluding tert-OH is 1. The fourth-order valence-electron chi connectivity index (χ4n) is 3.98. The number of fused-ring (bicyclic) bond motifs is 1. The van der Waals surface area contributed by atoms with Gasteiger partial charge in [0.25, 0.3) is 0 Å². The zero-order valence-corrected chi connectivity index (χ0v) is 19.0. The molecule has 0 aromatic heterocycles. The summed E-state index contributed by atoms with van der Waals surface area (Å²) in [6, 6.07) is 13.7. The van der Waals surface area contributed by atoms with Crippen LogP contribution in [0.3, 0.4) is 0 Å². The fraction of sp³-hybridized carbons (Fsp3) is 0.480. The lowest BCUT2D eigenvalue weighted by Crippen LogP contribution is -2.37. The molecule has 1 aliphatic rings. The van der Waals surface area contributed by atoms with Crippen molar-refractivity contribution in [2.45, 2.75) is 64.2 Å². The van der Waals surface area contributed by atoms with Gasteiger partial charge in [-0.15, -0.1) is 0 Å². The zero-order chi connectivity index (χ0) is 22.2. The molecule has 0 spiro atoms. The molecule has 0 bridgehead atoms. The van der Waals surface area contributed by atoms with E-state index < -0.39 is 12.2 Å². The standard InChI is InChI=1S/C25H32ClNO4/c1-3-6-24(25(29)30-4-2)31-22-12-10-17-9-11-21(14-19(17)15-22)27-16-23(28)18-7-5-8-20(26)13-18/h5,7-8,10,12-13,15,21,23-24,27-28H,3-4,6,9,11,14,16H2,1-2H3. The Bertz CT molecular complexity index is 872. The minimum atomic E-state index is -0.603. The van der Waals surface area contributed by atoms with E-state index in [1.165, 1.54) is 11.1 Å². The molecule has 0 amide bonds. The molecular weight excluding hydrogens is 414 g/mol. The van der Waals surface area contributed by atoms with Crippen LogP contribution in [0.4, 0.5) is 0 Å². The van der Waals surface area contributed by atoms with Crippen molar-refractivity contribution in [2.24, 2.45) is 0 Å². The maximum absolute atomic E-state index is 12.2. The van der Waals surface area contributed by atoms with Crippen LogP contribution in [0.1, 0.15) is 55.9 Å². The monoisotopic (exact) mass is 445 g/mol. The predicted octanol–water partition coefficient (Wildman–Crippen LogP) is 4.63. The number of carbonyl (C=O) groups excluding carboxylic acids is 1. The van der Waals surface area contributed by atoms with Crippen molar-refractivity contribution in [2.75, 3.05) is 13.2 Å². The molecule has 0 saturated carbocycles. The summed E-state index contributed by atoms with van der Waals surface area (Å²) in [6.07, 6.45) is 3.12. The number of hydrogen-bond donors (Lipinski definition) is 2. The van der Waals surface area contributed by atoms with E-state index in [-0.39, 0.29) is 12.0 Å². The molecule has 2 N–H and O–H groups in total. The van der Waals surface area contributed by atoms with Gasteiger partial charge >= 0.3 is 5.97 Å². The summed E-state index contributed by atoms with van der Waals surface area (Å²) >= 11 is 6.03. The van der Waals surface area contributed by atoms with Crippen LogP contribution in [0.25, 0.3) is 0 Å². The first-order chi connectivity index (χ1) is 15.0. The number of benzene rings is 2. The van der Waals surface area contributed by atoms with Gasteiger partial charge in [0.05, 0.1) is 12.7 Å². The van der Waals surface area contributed by atoms with Crippen LogP contribution in [-0.2, 0) is 22.4 Å². The molecular formula is C25H32ClNO4. The molecule has 0 aliphatic heterocycles. The second kappa shape index (κ2) is 11.5. The number of carbonyl (C=O) groups is 1. The number of esters is 1. The molecule has 0 fully saturated rings. The molecule has 6 heteroatoms. The summed E-state index contributed by atoms with van der Waals surface area (Å²) in [5.41, 5.74) is 3.34. The van der Waals surface area contributed by atoms with Crippen LogP contribution >= 0.6 is 11.6 Å². The van der Waals surface area contributed by atoms with E-state index >= 15 is 0 Å². The van der Waals surface area contributed by atoms with Gasteiger partial charge < -0.3 is 19.9 Å². The number of aryl methyl sites for hydroxylation is 1. The Hall–Kier alpha value is -2.08. The van der Waals surface area contributed by atoms with Gasteiger partial charge in [0.1, 0.15) is 5.75 Å². The second-order valence-electron chi connectivity index (χ2n) is 8.00. The first kappa shape index (κ1) is 23.6. The van der Waals surface area contributed by atoms with Gasteiger partial charge in [-0.2, -0.15) is 0 Å². The quantitative estimate of drug-likeness (QED) is 0.522. The average molecular weight is 446 g/mol. The van der Waals surface area contributed by atoms with Crippen molar-refractivity contribution in [3.05, 3.63) is 64.2 Å². The lowest BCUT2D eigenvalue weighted by molar-refractivity contribution is -0.151. The maximum Gasteiger partial charge on any atom is 0.347 e. The third kappa shape index (κ3) is 6.70. The van der Waals surface area contributed by atoms with E-state index in [4.69, 9.17) is 21.1 Å². The topological polar surface area (TPSA) is 67.8 Å². The van der Waals surface area contributed by atoms with Gasteiger partial charge in [-0.1, -0.05) is 43.1 Å². The summed E-state index contributed by atoms with van der Waals surface area (Å²) in [6.45, 7) is 4.64.